The molecule has 0 atom stereocenters. The van der Waals surface area contributed by atoms with Gasteiger partial charge in [-0.15, -0.1) is 0 Å². The van der Waals surface area contributed by atoms with E-state index in [9.17, 15) is 14.4 Å². The summed E-state index contributed by atoms with van der Waals surface area (Å²) < 4.78 is 6.88. The van der Waals surface area contributed by atoms with Crippen LogP contribution in [0, 0.1) is 0 Å². The molecule has 0 saturated heterocycles. The van der Waals surface area contributed by atoms with E-state index >= 15 is 0 Å². The Bertz CT molecular complexity index is 1060. The number of benzene rings is 1. The van der Waals surface area contributed by atoms with Crippen LogP contribution in [0.2, 0.25) is 10.0 Å². The number of rotatable bonds is 5. The minimum absolute atomic E-state index is 0.0245. The first kappa shape index (κ1) is 17.8. The first-order valence-electron chi connectivity index (χ1n) is 7.08. The maximum Gasteiger partial charge on any atom is 0.322 e. The molecule has 0 bridgehead atoms. The third-order valence-electron chi connectivity index (χ3n) is 3.22. The highest BCUT2D eigenvalue weighted by atomic mass is 35.5. The summed E-state index contributed by atoms with van der Waals surface area (Å²) in [6, 6.07) is 5.57. The average molecular weight is 397 g/mol. The molecular weight excluding hydrogens is 387 g/mol. The Morgan fingerprint density at radius 3 is 2.58 bits per heavy atom. The highest BCUT2D eigenvalue weighted by Gasteiger charge is 2.20. The average Bonchev–Trinajstić information content (AvgIpc) is 3.01. The number of halogens is 2. The van der Waals surface area contributed by atoms with Crippen LogP contribution in [0.1, 0.15) is 10.4 Å². The van der Waals surface area contributed by atoms with E-state index in [1.165, 1.54) is 29.0 Å². The van der Waals surface area contributed by atoms with Gasteiger partial charge in [-0.25, -0.2) is 9.50 Å². The summed E-state index contributed by atoms with van der Waals surface area (Å²) in [6.45, 7) is -0.631. The highest BCUT2D eigenvalue weighted by molar-refractivity contribution is 6.34. The number of pyridine rings is 1. The molecule has 0 saturated carbocycles. The summed E-state index contributed by atoms with van der Waals surface area (Å²) in [5, 5.41) is 14.1. The summed E-state index contributed by atoms with van der Waals surface area (Å²) in [5.41, 5.74) is -1.03. The predicted octanol–water partition coefficient (Wildman–Crippen LogP) is 1.94. The Morgan fingerprint density at radius 2 is 1.92 bits per heavy atom. The van der Waals surface area contributed by atoms with E-state index in [0.717, 1.165) is 6.07 Å². The number of nitrogens with one attached hydrogen (secondary N) is 2. The number of H-pyrrole nitrogens is 1. The van der Waals surface area contributed by atoms with Gasteiger partial charge in [-0.05, 0) is 18.2 Å². The molecule has 0 aliphatic heterocycles. The molecule has 0 aliphatic carbocycles. The first-order chi connectivity index (χ1) is 12.3. The van der Waals surface area contributed by atoms with Crippen LogP contribution in [0.4, 0.5) is 0 Å². The summed E-state index contributed by atoms with van der Waals surface area (Å²) >= 11 is 11.8. The third-order valence-corrected chi connectivity index (χ3v) is 3.65. The van der Waals surface area contributed by atoms with E-state index in [1.807, 2.05) is 0 Å². The number of carbonyl (C=O) groups excluding carboxylic acids is 1. The van der Waals surface area contributed by atoms with E-state index < -0.39 is 23.9 Å². The Balaban J connectivity index is 2.03. The van der Waals surface area contributed by atoms with Crippen molar-refractivity contribution in [1.29, 1.82) is 0 Å². The van der Waals surface area contributed by atoms with Crippen molar-refractivity contribution in [3.63, 3.8) is 0 Å². The van der Waals surface area contributed by atoms with Gasteiger partial charge in [0.1, 0.15) is 24.2 Å². The molecule has 9 nitrogen and oxygen atoms in total. The number of fused-ring (bicyclic) bond motifs is 1. The second-order valence-electron chi connectivity index (χ2n) is 5.05. The minimum atomic E-state index is -1.24. The van der Waals surface area contributed by atoms with Gasteiger partial charge in [-0.3, -0.25) is 19.5 Å². The lowest BCUT2D eigenvalue weighted by molar-refractivity contribution is -0.135. The molecular formula is C15H10Cl2N4O5. The second-order valence-corrected chi connectivity index (χ2v) is 5.92. The predicted molar refractivity (Wildman–Crippen MR) is 92.3 cm³/mol. The van der Waals surface area contributed by atoms with Gasteiger partial charge in [0.2, 0.25) is 11.3 Å². The molecule has 2 aromatic heterocycles. The highest BCUT2D eigenvalue weighted by Crippen LogP contribution is 2.28. The van der Waals surface area contributed by atoms with E-state index in [0.29, 0.717) is 10.0 Å². The lowest BCUT2D eigenvalue weighted by Gasteiger charge is -2.10. The van der Waals surface area contributed by atoms with Crippen LogP contribution >= 0.6 is 23.2 Å². The fourth-order valence-corrected chi connectivity index (χ4v) is 2.72. The topological polar surface area (TPSA) is 126 Å². The number of hydrogen-bond donors (Lipinski definition) is 3. The van der Waals surface area contributed by atoms with Crippen molar-refractivity contribution in [3.8, 4) is 11.6 Å². The van der Waals surface area contributed by atoms with Crippen molar-refractivity contribution in [2.24, 2.45) is 0 Å². The smallest absolute Gasteiger partial charge is 0.322 e. The quantitative estimate of drug-likeness (QED) is 0.604. The van der Waals surface area contributed by atoms with Crippen molar-refractivity contribution in [1.82, 2.24) is 19.9 Å². The molecule has 0 aliphatic rings. The maximum absolute atomic E-state index is 12.4. The van der Waals surface area contributed by atoms with Crippen LogP contribution < -0.4 is 15.5 Å². The van der Waals surface area contributed by atoms with Crippen LogP contribution in [0.25, 0.3) is 5.65 Å². The normalized spacial score (nSPS) is 10.7. The van der Waals surface area contributed by atoms with Gasteiger partial charge < -0.3 is 15.2 Å². The molecule has 2 heterocycles. The number of aromatic amines is 1. The number of carboxylic acids is 1. The van der Waals surface area contributed by atoms with Crippen LogP contribution in [0.3, 0.4) is 0 Å². The Kier molecular flexibility index (Phi) is 4.83. The van der Waals surface area contributed by atoms with Gasteiger partial charge in [0.15, 0.2) is 5.65 Å². The molecule has 3 aromatic rings. The Morgan fingerprint density at radius 1 is 1.23 bits per heavy atom. The van der Waals surface area contributed by atoms with Crippen LogP contribution in [0.15, 0.2) is 35.4 Å². The molecule has 1 aromatic carbocycles. The number of carboxylic acid groups (broad SMARTS) is 1. The third kappa shape index (κ3) is 3.63. The van der Waals surface area contributed by atoms with E-state index in [2.05, 4.69) is 15.4 Å². The number of aliphatic carboxylic acids is 1. The van der Waals surface area contributed by atoms with Gasteiger partial charge in [0.05, 0.1) is 0 Å². The molecule has 0 fully saturated rings. The van der Waals surface area contributed by atoms with Gasteiger partial charge in [0, 0.05) is 16.1 Å². The summed E-state index contributed by atoms with van der Waals surface area (Å²) in [4.78, 5) is 39.0. The fraction of sp³-hybridized carbons (Fsp3) is 0.0667. The number of hydrogen-bond acceptors (Lipinski definition) is 5. The monoisotopic (exact) mass is 396 g/mol. The Hall–Kier alpha value is -3.04. The zero-order chi connectivity index (χ0) is 18.8. The molecule has 134 valence electrons. The van der Waals surface area contributed by atoms with Crippen LogP contribution in [0.5, 0.6) is 11.6 Å². The summed E-state index contributed by atoms with van der Waals surface area (Å²) in [5.74, 6) is -1.79. The van der Waals surface area contributed by atoms with Gasteiger partial charge in [0.25, 0.3) is 5.91 Å². The molecule has 0 unspecified atom stereocenters. The van der Waals surface area contributed by atoms with Gasteiger partial charge >= 0.3 is 5.97 Å². The van der Waals surface area contributed by atoms with Crippen molar-refractivity contribution >= 4 is 40.7 Å². The minimum Gasteiger partial charge on any atom is -0.480 e. The molecule has 0 radical (unpaired) electrons. The standard InChI is InChI=1S/C15H10Cl2N4O5/c16-7-1-8(17)3-9(2-7)26-11-4-10(22)13(14-19-6-20-21(11)14)15(25)18-5-12(23)24/h1-4,6H,5H2,(H,18,25)(H,19,20)(H,23,24). The van der Waals surface area contributed by atoms with Crippen molar-refractivity contribution in [2.45, 2.75) is 0 Å². The van der Waals surface area contributed by atoms with Crippen LogP contribution in [-0.2, 0) is 4.79 Å². The lowest BCUT2D eigenvalue weighted by Crippen LogP contribution is -2.33. The molecule has 3 N–H and O–H groups in total. The number of nitrogens with zero attached hydrogens (tertiary/aromatic N) is 2. The van der Waals surface area contributed by atoms with Gasteiger partial charge in [-0.1, -0.05) is 23.2 Å². The number of ether oxygens (including phenoxy) is 1. The SMILES string of the molecule is O=C(O)CNC(=O)c1c(=O)cc(Oc2cc(Cl)cc(Cl)c2)n2[nH]cnc12. The number of amides is 1. The number of carbonyl (C=O) groups is 2. The molecule has 1 amide bonds. The van der Waals surface area contributed by atoms with E-state index in [1.54, 1.807) is 0 Å². The van der Waals surface area contributed by atoms with Crippen molar-refractivity contribution in [3.05, 3.63) is 56.4 Å². The second kappa shape index (κ2) is 7.06. The lowest BCUT2D eigenvalue weighted by atomic mass is 10.2. The van der Waals surface area contributed by atoms with Gasteiger partial charge in [-0.2, -0.15) is 0 Å². The van der Waals surface area contributed by atoms with Crippen LogP contribution in [-0.4, -0.2) is 38.1 Å². The first-order valence-corrected chi connectivity index (χ1v) is 7.84. The Labute approximate surface area is 155 Å². The van der Waals surface area contributed by atoms with Crippen molar-refractivity contribution in [2.75, 3.05) is 6.54 Å². The number of aromatic nitrogens is 3. The zero-order valence-corrected chi connectivity index (χ0v) is 14.3. The van der Waals surface area contributed by atoms with E-state index in [4.69, 9.17) is 33.0 Å². The fourth-order valence-electron chi connectivity index (χ4n) is 2.21. The zero-order valence-electron chi connectivity index (χ0n) is 12.8. The molecule has 0 spiro atoms. The summed E-state index contributed by atoms with van der Waals surface area (Å²) in [7, 11) is 0. The molecule has 26 heavy (non-hydrogen) atoms. The van der Waals surface area contributed by atoms with E-state index in [-0.39, 0.29) is 22.8 Å². The molecule has 11 heteroatoms. The largest absolute Gasteiger partial charge is 0.480 e. The maximum atomic E-state index is 12.4. The summed E-state index contributed by atoms with van der Waals surface area (Å²) in [6.07, 6.45) is 1.25. The molecule has 3 rings (SSSR count). The van der Waals surface area contributed by atoms with Crippen molar-refractivity contribution < 1.29 is 19.4 Å².